The van der Waals surface area contributed by atoms with E-state index in [0.717, 1.165) is 12.8 Å². The lowest BCUT2D eigenvalue weighted by molar-refractivity contribution is 0.502. The lowest BCUT2D eigenvalue weighted by Crippen LogP contribution is -1.86. The van der Waals surface area contributed by atoms with E-state index in [1.54, 1.807) is 18.2 Å². The Morgan fingerprint density at radius 2 is 2.19 bits per heavy atom. The molecule has 2 N–H and O–H groups in total. The number of aromatic nitrogens is 2. The standard InChI is InChI=1S/C11H12ClN3O/c1-2-3-10-14-15-11(16-10)8-5-4-7(13)6-9(8)12/h4-6H,2-3,13H2,1H3. The van der Waals surface area contributed by atoms with E-state index in [2.05, 4.69) is 17.1 Å². The van der Waals surface area contributed by atoms with Gasteiger partial charge in [0.15, 0.2) is 0 Å². The maximum absolute atomic E-state index is 6.04. The maximum atomic E-state index is 6.04. The van der Waals surface area contributed by atoms with Gasteiger partial charge in [-0.25, -0.2) is 0 Å². The van der Waals surface area contributed by atoms with Crippen molar-refractivity contribution < 1.29 is 4.42 Å². The van der Waals surface area contributed by atoms with Crippen molar-refractivity contribution in [2.75, 3.05) is 5.73 Å². The van der Waals surface area contributed by atoms with Gasteiger partial charge in [0.05, 0.1) is 10.6 Å². The fourth-order valence-electron chi connectivity index (χ4n) is 1.38. The minimum absolute atomic E-state index is 0.438. The van der Waals surface area contributed by atoms with Crippen molar-refractivity contribution >= 4 is 17.3 Å². The number of anilines is 1. The van der Waals surface area contributed by atoms with Crippen LogP contribution in [0.4, 0.5) is 5.69 Å². The summed E-state index contributed by atoms with van der Waals surface area (Å²) in [7, 11) is 0. The second-order valence-electron chi connectivity index (χ2n) is 3.49. The smallest absolute Gasteiger partial charge is 0.249 e. The highest BCUT2D eigenvalue weighted by atomic mass is 35.5. The average molecular weight is 238 g/mol. The maximum Gasteiger partial charge on any atom is 0.249 e. The summed E-state index contributed by atoms with van der Waals surface area (Å²) in [6.45, 7) is 2.06. The summed E-state index contributed by atoms with van der Waals surface area (Å²) in [6, 6.07) is 5.20. The van der Waals surface area contributed by atoms with Gasteiger partial charge < -0.3 is 10.2 Å². The molecule has 0 amide bonds. The largest absolute Gasteiger partial charge is 0.421 e. The highest BCUT2D eigenvalue weighted by Crippen LogP contribution is 2.28. The van der Waals surface area contributed by atoms with E-state index in [9.17, 15) is 0 Å². The molecule has 0 fully saturated rings. The normalized spacial score (nSPS) is 10.6. The number of nitrogens with zero attached hydrogens (tertiary/aromatic N) is 2. The minimum Gasteiger partial charge on any atom is -0.421 e. The van der Waals surface area contributed by atoms with Gasteiger partial charge in [0.2, 0.25) is 11.8 Å². The molecular formula is C11H12ClN3O. The first-order chi connectivity index (χ1) is 7.70. The van der Waals surface area contributed by atoms with Crippen molar-refractivity contribution in [3.8, 4) is 11.5 Å². The highest BCUT2D eigenvalue weighted by Gasteiger charge is 2.11. The van der Waals surface area contributed by atoms with Crippen LogP contribution in [0, 0.1) is 0 Å². The molecule has 2 aromatic rings. The Bertz CT molecular complexity index is 496. The minimum atomic E-state index is 0.438. The summed E-state index contributed by atoms with van der Waals surface area (Å²) >= 11 is 6.04. The number of hydrogen-bond donors (Lipinski definition) is 1. The Morgan fingerprint density at radius 1 is 1.38 bits per heavy atom. The molecule has 0 spiro atoms. The van der Waals surface area contributed by atoms with E-state index in [4.69, 9.17) is 21.8 Å². The lowest BCUT2D eigenvalue weighted by atomic mass is 10.2. The zero-order chi connectivity index (χ0) is 11.5. The second-order valence-corrected chi connectivity index (χ2v) is 3.90. The van der Waals surface area contributed by atoms with Gasteiger partial charge in [-0.3, -0.25) is 0 Å². The molecular weight excluding hydrogens is 226 g/mol. The van der Waals surface area contributed by atoms with Crippen molar-refractivity contribution in [1.82, 2.24) is 10.2 Å². The van der Waals surface area contributed by atoms with E-state index in [-0.39, 0.29) is 0 Å². The topological polar surface area (TPSA) is 64.9 Å². The number of hydrogen-bond acceptors (Lipinski definition) is 4. The zero-order valence-electron chi connectivity index (χ0n) is 8.90. The van der Waals surface area contributed by atoms with Gasteiger partial charge in [0.25, 0.3) is 0 Å². The van der Waals surface area contributed by atoms with Crippen LogP contribution in [0.3, 0.4) is 0 Å². The SMILES string of the molecule is CCCc1nnc(-c2ccc(N)cc2Cl)o1. The molecule has 0 aliphatic carbocycles. The molecule has 2 rings (SSSR count). The number of nitrogen functional groups attached to an aromatic ring is 1. The van der Waals surface area contributed by atoms with Gasteiger partial charge in [-0.1, -0.05) is 18.5 Å². The molecule has 0 radical (unpaired) electrons. The third kappa shape index (κ3) is 2.17. The Kier molecular flexibility index (Phi) is 3.10. The van der Waals surface area contributed by atoms with Gasteiger partial charge in [-0.15, -0.1) is 10.2 Å². The predicted octanol–water partition coefficient (Wildman–Crippen LogP) is 2.92. The van der Waals surface area contributed by atoms with Crippen LogP contribution in [0.15, 0.2) is 22.6 Å². The van der Waals surface area contributed by atoms with Crippen molar-refractivity contribution in [1.29, 1.82) is 0 Å². The fraction of sp³-hybridized carbons (Fsp3) is 0.273. The highest BCUT2D eigenvalue weighted by molar-refractivity contribution is 6.33. The fourth-order valence-corrected chi connectivity index (χ4v) is 1.65. The van der Waals surface area contributed by atoms with E-state index >= 15 is 0 Å². The summed E-state index contributed by atoms with van der Waals surface area (Å²) in [4.78, 5) is 0. The summed E-state index contributed by atoms with van der Waals surface area (Å²) in [6.07, 6.45) is 1.75. The van der Waals surface area contributed by atoms with E-state index in [1.165, 1.54) is 0 Å². The van der Waals surface area contributed by atoms with Gasteiger partial charge >= 0.3 is 0 Å². The number of aryl methyl sites for hydroxylation is 1. The second kappa shape index (κ2) is 4.53. The van der Waals surface area contributed by atoms with Gasteiger partial charge in [-0.05, 0) is 24.6 Å². The molecule has 1 aromatic heterocycles. The van der Waals surface area contributed by atoms with Crippen molar-refractivity contribution in [2.24, 2.45) is 0 Å². The molecule has 5 heteroatoms. The molecule has 16 heavy (non-hydrogen) atoms. The Balaban J connectivity index is 2.35. The number of rotatable bonds is 3. The number of halogens is 1. The molecule has 0 saturated heterocycles. The first-order valence-corrected chi connectivity index (χ1v) is 5.46. The molecule has 0 aliphatic heterocycles. The molecule has 0 aliphatic rings. The number of nitrogens with two attached hydrogens (primary N) is 1. The van der Waals surface area contributed by atoms with Crippen LogP contribution in [0.1, 0.15) is 19.2 Å². The van der Waals surface area contributed by atoms with Crippen LogP contribution >= 0.6 is 11.6 Å². The van der Waals surface area contributed by atoms with E-state index < -0.39 is 0 Å². The third-order valence-corrected chi connectivity index (χ3v) is 2.47. The van der Waals surface area contributed by atoms with Crippen LogP contribution in [0.2, 0.25) is 5.02 Å². The quantitative estimate of drug-likeness (QED) is 0.834. The summed E-state index contributed by atoms with van der Waals surface area (Å²) in [5.41, 5.74) is 6.93. The van der Waals surface area contributed by atoms with Crippen molar-refractivity contribution in [3.05, 3.63) is 29.1 Å². The van der Waals surface area contributed by atoms with Crippen molar-refractivity contribution in [3.63, 3.8) is 0 Å². The average Bonchev–Trinajstić information content (AvgIpc) is 2.67. The van der Waals surface area contributed by atoms with E-state index in [0.29, 0.717) is 28.1 Å². The number of benzene rings is 1. The molecule has 1 aromatic carbocycles. The van der Waals surface area contributed by atoms with Crippen LogP contribution < -0.4 is 5.73 Å². The predicted molar refractivity (Wildman–Crippen MR) is 63.2 cm³/mol. The zero-order valence-corrected chi connectivity index (χ0v) is 9.66. The Labute approximate surface area is 98.4 Å². The summed E-state index contributed by atoms with van der Waals surface area (Å²) < 4.78 is 5.48. The van der Waals surface area contributed by atoms with Gasteiger partial charge in [0.1, 0.15) is 0 Å². The van der Waals surface area contributed by atoms with Crippen LogP contribution in [-0.2, 0) is 6.42 Å². The van der Waals surface area contributed by atoms with Crippen LogP contribution in [0.5, 0.6) is 0 Å². The van der Waals surface area contributed by atoms with Gasteiger partial charge in [-0.2, -0.15) is 0 Å². The molecule has 0 unspecified atom stereocenters. The molecule has 4 nitrogen and oxygen atoms in total. The molecule has 0 atom stereocenters. The first-order valence-electron chi connectivity index (χ1n) is 5.08. The summed E-state index contributed by atoms with van der Waals surface area (Å²) in [5, 5.41) is 8.41. The Morgan fingerprint density at radius 3 is 2.88 bits per heavy atom. The molecule has 84 valence electrons. The van der Waals surface area contributed by atoms with Crippen molar-refractivity contribution in [2.45, 2.75) is 19.8 Å². The molecule has 1 heterocycles. The Hall–Kier alpha value is -1.55. The third-order valence-electron chi connectivity index (χ3n) is 2.15. The van der Waals surface area contributed by atoms with Crippen LogP contribution in [0.25, 0.3) is 11.5 Å². The molecule has 0 saturated carbocycles. The first kappa shape index (κ1) is 11.0. The van der Waals surface area contributed by atoms with Crippen LogP contribution in [-0.4, -0.2) is 10.2 Å². The van der Waals surface area contributed by atoms with E-state index in [1.807, 2.05) is 0 Å². The lowest BCUT2D eigenvalue weighted by Gasteiger charge is -1.99. The summed E-state index contributed by atoms with van der Waals surface area (Å²) in [5.74, 6) is 1.07. The van der Waals surface area contributed by atoms with Gasteiger partial charge in [0, 0.05) is 12.1 Å². The monoisotopic (exact) mass is 237 g/mol. The molecule has 0 bridgehead atoms.